The van der Waals surface area contributed by atoms with Gasteiger partial charge >= 0.3 is 0 Å². The van der Waals surface area contributed by atoms with E-state index in [1.54, 1.807) is 7.11 Å². The highest BCUT2D eigenvalue weighted by molar-refractivity contribution is 5.92. The van der Waals surface area contributed by atoms with E-state index in [9.17, 15) is 4.79 Å². The zero-order valence-corrected chi connectivity index (χ0v) is 10.6. The van der Waals surface area contributed by atoms with E-state index in [0.29, 0.717) is 18.1 Å². The molecule has 0 fully saturated rings. The number of carbonyl (C=O) groups is 1. The van der Waals surface area contributed by atoms with Crippen molar-refractivity contribution in [1.29, 1.82) is 0 Å². The number of benzene rings is 1. The summed E-state index contributed by atoms with van der Waals surface area (Å²) in [6.45, 7) is 0.546. The maximum atomic E-state index is 11.7. The monoisotopic (exact) mass is 260 g/mol. The molecule has 1 heterocycles. The van der Waals surface area contributed by atoms with Gasteiger partial charge < -0.3 is 15.8 Å². The summed E-state index contributed by atoms with van der Waals surface area (Å²) < 4.78 is 5.08. The van der Waals surface area contributed by atoms with E-state index < -0.39 is 0 Å². The number of amides is 1. The van der Waals surface area contributed by atoms with Crippen molar-refractivity contribution >= 4 is 11.7 Å². The van der Waals surface area contributed by atoms with Crippen molar-refractivity contribution in [2.75, 3.05) is 19.4 Å². The highest BCUT2D eigenvalue weighted by Gasteiger charge is 2.07. The number of methoxy groups -OCH3 is 1. The summed E-state index contributed by atoms with van der Waals surface area (Å²) in [7, 11) is 1.63. The lowest BCUT2D eigenvalue weighted by Crippen LogP contribution is -2.26. The van der Waals surface area contributed by atoms with Gasteiger partial charge in [-0.3, -0.25) is 9.89 Å². The van der Waals surface area contributed by atoms with E-state index >= 15 is 0 Å². The van der Waals surface area contributed by atoms with Gasteiger partial charge in [0.05, 0.1) is 7.11 Å². The summed E-state index contributed by atoms with van der Waals surface area (Å²) in [5.41, 5.74) is 6.93. The molecule has 1 aromatic carbocycles. The van der Waals surface area contributed by atoms with Crippen molar-refractivity contribution in [3.8, 4) is 5.75 Å². The van der Waals surface area contributed by atoms with Crippen molar-refractivity contribution in [3.05, 3.63) is 41.6 Å². The fourth-order valence-electron chi connectivity index (χ4n) is 1.66. The first kappa shape index (κ1) is 12.9. The summed E-state index contributed by atoms with van der Waals surface area (Å²) >= 11 is 0. The Bertz CT molecular complexity index is 548. The second kappa shape index (κ2) is 5.90. The van der Waals surface area contributed by atoms with Crippen molar-refractivity contribution < 1.29 is 9.53 Å². The number of H-pyrrole nitrogens is 1. The Hall–Kier alpha value is -2.50. The van der Waals surface area contributed by atoms with Gasteiger partial charge in [0.15, 0.2) is 0 Å². The van der Waals surface area contributed by atoms with Crippen LogP contribution >= 0.6 is 0 Å². The number of nitrogens with two attached hydrogens (primary N) is 1. The van der Waals surface area contributed by atoms with Crippen LogP contribution in [0.4, 0.5) is 5.82 Å². The van der Waals surface area contributed by atoms with Crippen LogP contribution < -0.4 is 15.8 Å². The number of nitrogen functional groups attached to an aromatic ring is 1. The molecule has 0 saturated heterocycles. The van der Waals surface area contributed by atoms with Gasteiger partial charge in [-0.2, -0.15) is 5.10 Å². The number of aromatic nitrogens is 2. The van der Waals surface area contributed by atoms with Crippen LogP contribution in [-0.2, 0) is 6.42 Å². The summed E-state index contributed by atoms with van der Waals surface area (Å²) in [6.07, 6.45) is 0.749. The van der Waals surface area contributed by atoms with Gasteiger partial charge in [0.25, 0.3) is 5.91 Å². The summed E-state index contributed by atoms with van der Waals surface area (Å²) in [6, 6.07) is 9.24. The summed E-state index contributed by atoms with van der Waals surface area (Å²) in [5, 5.41) is 9.06. The molecule has 0 unspecified atom stereocenters. The van der Waals surface area contributed by atoms with Crippen LogP contribution in [0.1, 0.15) is 16.1 Å². The van der Waals surface area contributed by atoms with Gasteiger partial charge in [-0.25, -0.2) is 0 Å². The minimum absolute atomic E-state index is 0.210. The molecule has 0 atom stereocenters. The molecule has 2 aromatic rings. The predicted molar refractivity (Wildman–Crippen MR) is 72.0 cm³/mol. The molecule has 0 saturated carbocycles. The topological polar surface area (TPSA) is 93.0 Å². The third-order valence-electron chi connectivity index (χ3n) is 2.70. The first-order chi connectivity index (χ1) is 9.19. The molecule has 1 amide bonds. The van der Waals surface area contributed by atoms with Gasteiger partial charge in [-0.05, 0) is 24.1 Å². The van der Waals surface area contributed by atoms with E-state index in [2.05, 4.69) is 15.5 Å². The van der Waals surface area contributed by atoms with Crippen LogP contribution in [0.2, 0.25) is 0 Å². The van der Waals surface area contributed by atoms with Gasteiger partial charge in [-0.1, -0.05) is 12.1 Å². The lowest BCUT2D eigenvalue weighted by Gasteiger charge is -2.05. The van der Waals surface area contributed by atoms with Gasteiger partial charge in [0.1, 0.15) is 17.3 Å². The van der Waals surface area contributed by atoms with Gasteiger partial charge in [0, 0.05) is 12.6 Å². The van der Waals surface area contributed by atoms with Crippen LogP contribution in [0.25, 0.3) is 0 Å². The lowest BCUT2D eigenvalue weighted by atomic mass is 10.1. The molecule has 100 valence electrons. The third kappa shape index (κ3) is 3.48. The number of rotatable bonds is 5. The minimum atomic E-state index is -0.210. The number of anilines is 1. The average molecular weight is 260 g/mol. The molecule has 0 spiro atoms. The highest BCUT2D eigenvalue weighted by atomic mass is 16.5. The van der Waals surface area contributed by atoms with Crippen LogP contribution in [0, 0.1) is 0 Å². The Labute approximate surface area is 111 Å². The molecule has 4 N–H and O–H groups in total. The number of aromatic amines is 1. The van der Waals surface area contributed by atoms with E-state index in [1.165, 1.54) is 6.07 Å². The predicted octanol–water partition coefficient (Wildman–Crippen LogP) is 0.973. The number of nitrogens with zero attached hydrogens (tertiary/aromatic N) is 1. The zero-order valence-electron chi connectivity index (χ0n) is 10.6. The molecule has 6 nitrogen and oxygen atoms in total. The maximum Gasteiger partial charge on any atom is 0.269 e. The van der Waals surface area contributed by atoms with E-state index in [-0.39, 0.29) is 5.91 Å². The number of hydrogen-bond acceptors (Lipinski definition) is 4. The molecule has 0 radical (unpaired) electrons. The van der Waals surface area contributed by atoms with Crippen molar-refractivity contribution in [2.24, 2.45) is 0 Å². The van der Waals surface area contributed by atoms with Crippen LogP contribution in [0.5, 0.6) is 5.75 Å². The van der Waals surface area contributed by atoms with E-state index in [0.717, 1.165) is 17.7 Å². The summed E-state index contributed by atoms with van der Waals surface area (Å²) in [5.74, 6) is 0.915. The standard InChI is InChI=1S/C13H16N4O2/c1-19-10-4-2-9(3-5-10)6-7-15-13(18)11-8-12(14)17-16-11/h2-5,8H,6-7H2,1H3,(H,15,18)(H3,14,16,17). The largest absolute Gasteiger partial charge is 0.497 e. The molecule has 2 rings (SSSR count). The normalized spacial score (nSPS) is 10.2. The number of nitrogens with one attached hydrogen (secondary N) is 2. The first-order valence-electron chi connectivity index (χ1n) is 5.91. The minimum Gasteiger partial charge on any atom is -0.497 e. The Morgan fingerprint density at radius 3 is 2.74 bits per heavy atom. The molecule has 1 aromatic heterocycles. The Morgan fingerprint density at radius 2 is 2.16 bits per heavy atom. The van der Waals surface area contributed by atoms with E-state index in [1.807, 2.05) is 24.3 Å². The first-order valence-corrected chi connectivity index (χ1v) is 5.91. The number of hydrogen-bond donors (Lipinski definition) is 3. The Kier molecular flexibility index (Phi) is 4.02. The van der Waals surface area contributed by atoms with Crippen LogP contribution in [0.3, 0.4) is 0 Å². The van der Waals surface area contributed by atoms with E-state index in [4.69, 9.17) is 10.5 Å². The van der Waals surface area contributed by atoms with Gasteiger partial charge in [-0.15, -0.1) is 0 Å². The molecule has 0 aliphatic heterocycles. The molecular weight excluding hydrogens is 244 g/mol. The van der Waals surface area contributed by atoms with Crippen molar-refractivity contribution in [1.82, 2.24) is 15.5 Å². The average Bonchev–Trinajstić information content (AvgIpc) is 2.86. The van der Waals surface area contributed by atoms with Crippen molar-refractivity contribution in [2.45, 2.75) is 6.42 Å². The summed E-state index contributed by atoms with van der Waals surface area (Å²) in [4.78, 5) is 11.7. The zero-order chi connectivity index (χ0) is 13.7. The fourth-order valence-corrected chi connectivity index (χ4v) is 1.66. The molecule has 0 bridgehead atoms. The van der Waals surface area contributed by atoms with Crippen LogP contribution in [0.15, 0.2) is 30.3 Å². The second-order valence-corrected chi connectivity index (χ2v) is 4.06. The third-order valence-corrected chi connectivity index (χ3v) is 2.70. The Morgan fingerprint density at radius 1 is 1.42 bits per heavy atom. The highest BCUT2D eigenvalue weighted by Crippen LogP contribution is 2.11. The molecule has 19 heavy (non-hydrogen) atoms. The maximum absolute atomic E-state index is 11.7. The Balaban J connectivity index is 1.81. The van der Waals surface area contributed by atoms with Crippen molar-refractivity contribution in [3.63, 3.8) is 0 Å². The van der Waals surface area contributed by atoms with Crippen LogP contribution in [-0.4, -0.2) is 29.8 Å². The molecule has 0 aliphatic rings. The second-order valence-electron chi connectivity index (χ2n) is 4.06. The molecular formula is C13H16N4O2. The SMILES string of the molecule is COc1ccc(CCNC(=O)c2cc(N)n[nH]2)cc1. The number of ether oxygens (including phenoxy) is 1. The van der Waals surface area contributed by atoms with Gasteiger partial charge in [0.2, 0.25) is 0 Å². The molecule has 6 heteroatoms. The fraction of sp³-hybridized carbons (Fsp3) is 0.231. The lowest BCUT2D eigenvalue weighted by molar-refractivity contribution is 0.0949. The number of carbonyl (C=O) groups excluding carboxylic acids is 1. The smallest absolute Gasteiger partial charge is 0.269 e. The quantitative estimate of drug-likeness (QED) is 0.747. The molecule has 0 aliphatic carbocycles.